The lowest BCUT2D eigenvalue weighted by Crippen LogP contribution is -2.39. The zero-order chi connectivity index (χ0) is 26.7. The summed E-state index contributed by atoms with van der Waals surface area (Å²) in [5, 5.41) is 12.9. The van der Waals surface area contributed by atoms with Crippen LogP contribution in [0.2, 0.25) is 0 Å². The van der Waals surface area contributed by atoms with Crippen molar-refractivity contribution in [2.24, 2.45) is 0 Å². The molecular formula is C28H27N5O4. The van der Waals surface area contributed by atoms with Crippen LogP contribution in [0.4, 0.5) is 38.0 Å². The van der Waals surface area contributed by atoms with Gasteiger partial charge in [-0.25, -0.2) is 9.59 Å². The van der Waals surface area contributed by atoms with Gasteiger partial charge < -0.3 is 0 Å². The highest BCUT2D eigenvalue weighted by Crippen LogP contribution is 2.28. The summed E-state index contributed by atoms with van der Waals surface area (Å²) >= 11 is 0. The molecule has 0 unspecified atom stereocenters. The van der Waals surface area contributed by atoms with Crippen molar-refractivity contribution in [3.8, 4) is 0 Å². The Bertz CT molecular complexity index is 1450. The van der Waals surface area contributed by atoms with E-state index in [0.717, 1.165) is 16.5 Å². The van der Waals surface area contributed by atoms with Gasteiger partial charge >= 0.3 is 12.1 Å². The Morgan fingerprint density at radius 1 is 0.595 bits per heavy atom. The third-order valence-corrected chi connectivity index (χ3v) is 6.35. The monoisotopic (exact) mass is 497 g/mol. The van der Waals surface area contributed by atoms with Crippen LogP contribution in [-0.2, 0) is 0 Å². The topological polar surface area (TPSA) is 90.2 Å². The molecule has 4 amide bonds. The largest absolute Gasteiger partial charge is 0.328 e. The van der Waals surface area contributed by atoms with Crippen LogP contribution >= 0.6 is 0 Å². The number of carbonyl (C=O) groups is 2. The third-order valence-electron chi connectivity index (χ3n) is 6.35. The number of amides is 4. The second-order valence-electron chi connectivity index (χ2n) is 8.59. The highest BCUT2D eigenvalue weighted by Gasteiger charge is 2.21. The van der Waals surface area contributed by atoms with Crippen molar-refractivity contribution >= 4 is 51.3 Å². The standard InChI is InChI=1S/C28H27N5O4/c1-29(27(34)30(2)23-16-18-24(19-17-23)33(36)37)21-12-14-22(15-13-21)31(3)28(35)32(4)26-11-7-9-20-8-5-6-10-25(20)26/h5-19H,1-4H3. The van der Waals surface area contributed by atoms with Crippen molar-refractivity contribution in [3.05, 3.63) is 101 Å². The summed E-state index contributed by atoms with van der Waals surface area (Å²) in [5.74, 6) is 0. The number of benzene rings is 4. The maximum atomic E-state index is 13.3. The molecule has 0 spiro atoms. The number of hydrogen-bond acceptors (Lipinski definition) is 4. The van der Waals surface area contributed by atoms with E-state index >= 15 is 0 Å². The maximum Gasteiger partial charge on any atom is 0.328 e. The number of rotatable bonds is 5. The van der Waals surface area contributed by atoms with Gasteiger partial charge in [-0.3, -0.25) is 29.7 Å². The van der Waals surface area contributed by atoms with Crippen molar-refractivity contribution in [2.75, 3.05) is 47.8 Å². The van der Waals surface area contributed by atoms with E-state index in [4.69, 9.17) is 0 Å². The number of nitrogens with zero attached hydrogens (tertiary/aromatic N) is 5. The summed E-state index contributed by atoms with van der Waals surface area (Å²) in [6, 6.07) is 26.1. The molecule has 0 N–H and O–H groups in total. The summed E-state index contributed by atoms with van der Waals surface area (Å²) in [6.45, 7) is 0. The predicted molar refractivity (Wildman–Crippen MR) is 148 cm³/mol. The molecule has 188 valence electrons. The second kappa shape index (κ2) is 10.4. The van der Waals surface area contributed by atoms with Crippen molar-refractivity contribution in [1.82, 2.24) is 0 Å². The fraction of sp³-hybridized carbons (Fsp3) is 0.143. The fourth-order valence-corrected chi connectivity index (χ4v) is 4.08. The van der Waals surface area contributed by atoms with Crippen molar-refractivity contribution in [3.63, 3.8) is 0 Å². The summed E-state index contributed by atoms with van der Waals surface area (Å²) in [7, 11) is 6.69. The highest BCUT2D eigenvalue weighted by molar-refractivity contribution is 6.08. The molecule has 37 heavy (non-hydrogen) atoms. The fourth-order valence-electron chi connectivity index (χ4n) is 4.08. The number of nitro groups is 1. The van der Waals surface area contributed by atoms with Crippen LogP contribution < -0.4 is 19.6 Å². The van der Waals surface area contributed by atoms with E-state index in [1.807, 2.05) is 42.5 Å². The first-order valence-electron chi connectivity index (χ1n) is 11.5. The van der Waals surface area contributed by atoms with E-state index in [1.54, 1.807) is 62.3 Å². The quantitative estimate of drug-likeness (QED) is 0.245. The number of nitro benzene ring substituents is 1. The summed E-state index contributed by atoms with van der Waals surface area (Å²) in [6.07, 6.45) is 0. The number of non-ortho nitro benzene ring substituents is 1. The first kappa shape index (κ1) is 25.2. The molecule has 0 aromatic heterocycles. The van der Waals surface area contributed by atoms with Gasteiger partial charge in [0.15, 0.2) is 0 Å². The molecule has 0 heterocycles. The normalized spacial score (nSPS) is 10.6. The number of carbonyl (C=O) groups excluding carboxylic acids is 2. The van der Waals surface area contributed by atoms with Gasteiger partial charge in [0.05, 0.1) is 10.6 Å². The Labute approximate surface area is 214 Å². The van der Waals surface area contributed by atoms with Crippen LogP contribution in [0.25, 0.3) is 10.8 Å². The first-order valence-corrected chi connectivity index (χ1v) is 11.5. The van der Waals surface area contributed by atoms with Crippen LogP contribution in [-0.4, -0.2) is 45.2 Å². The molecule has 0 fully saturated rings. The van der Waals surface area contributed by atoms with E-state index in [-0.39, 0.29) is 17.7 Å². The van der Waals surface area contributed by atoms with Crippen LogP contribution in [0.3, 0.4) is 0 Å². The minimum Gasteiger partial charge on any atom is -0.297 e. The van der Waals surface area contributed by atoms with Crippen LogP contribution in [0.15, 0.2) is 91.0 Å². The average Bonchev–Trinajstić information content (AvgIpc) is 2.94. The van der Waals surface area contributed by atoms with E-state index in [0.29, 0.717) is 17.1 Å². The average molecular weight is 498 g/mol. The molecule has 0 saturated carbocycles. The lowest BCUT2D eigenvalue weighted by molar-refractivity contribution is -0.384. The van der Waals surface area contributed by atoms with E-state index in [9.17, 15) is 19.7 Å². The van der Waals surface area contributed by atoms with Gasteiger partial charge in [-0.15, -0.1) is 0 Å². The Morgan fingerprint density at radius 3 is 1.54 bits per heavy atom. The Balaban J connectivity index is 1.47. The van der Waals surface area contributed by atoms with Gasteiger partial charge in [-0.05, 0) is 47.9 Å². The van der Waals surface area contributed by atoms with Gasteiger partial charge in [-0.1, -0.05) is 36.4 Å². The lowest BCUT2D eigenvalue weighted by Gasteiger charge is -2.27. The molecule has 0 bridgehead atoms. The van der Waals surface area contributed by atoms with Crippen LogP contribution in [0.5, 0.6) is 0 Å². The molecule has 0 atom stereocenters. The zero-order valence-electron chi connectivity index (χ0n) is 21.0. The van der Waals surface area contributed by atoms with Crippen LogP contribution in [0, 0.1) is 10.1 Å². The van der Waals surface area contributed by atoms with E-state index in [2.05, 4.69) is 0 Å². The molecule has 4 aromatic rings. The number of anilines is 4. The molecule has 4 rings (SSSR count). The molecule has 9 nitrogen and oxygen atoms in total. The number of urea groups is 2. The van der Waals surface area contributed by atoms with Gasteiger partial charge in [0.2, 0.25) is 0 Å². The molecule has 0 aliphatic heterocycles. The molecule has 0 aliphatic rings. The van der Waals surface area contributed by atoms with Crippen LogP contribution in [0.1, 0.15) is 0 Å². The van der Waals surface area contributed by atoms with Crippen molar-refractivity contribution in [1.29, 1.82) is 0 Å². The summed E-state index contributed by atoms with van der Waals surface area (Å²) in [4.78, 5) is 42.7. The van der Waals surface area contributed by atoms with E-state index in [1.165, 1.54) is 34.1 Å². The van der Waals surface area contributed by atoms with Crippen molar-refractivity contribution < 1.29 is 14.5 Å². The van der Waals surface area contributed by atoms with Gasteiger partial charge in [0.25, 0.3) is 5.69 Å². The third kappa shape index (κ3) is 5.06. The Hall–Kier alpha value is -4.92. The van der Waals surface area contributed by atoms with Gasteiger partial charge in [0.1, 0.15) is 0 Å². The minimum atomic E-state index is -0.485. The second-order valence-corrected chi connectivity index (χ2v) is 8.59. The summed E-state index contributed by atoms with van der Waals surface area (Å²) in [5.41, 5.74) is 2.60. The molecule has 9 heteroatoms. The van der Waals surface area contributed by atoms with Crippen molar-refractivity contribution in [2.45, 2.75) is 0 Å². The Morgan fingerprint density at radius 2 is 1.03 bits per heavy atom. The minimum absolute atomic E-state index is 0.0432. The molecule has 4 aromatic carbocycles. The SMILES string of the molecule is CN(C(=O)N(C)c1ccc([N+](=O)[O-])cc1)c1ccc(N(C)C(=O)N(C)c2cccc3ccccc23)cc1. The van der Waals surface area contributed by atoms with Gasteiger partial charge in [-0.2, -0.15) is 0 Å². The first-order chi connectivity index (χ1) is 17.7. The smallest absolute Gasteiger partial charge is 0.297 e. The predicted octanol–water partition coefficient (Wildman–Crippen LogP) is 6.13. The Kier molecular flexibility index (Phi) is 7.06. The molecule has 0 aliphatic carbocycles. The number of fused-ring (bicyclic) bond motifs is 1. The highest BCUT2D eigenvalue weighted by atomic mass is 16.6. The van der Waals surface area contributed by atoms with E-state index < -0.39 is 4.92 Å². The zero-order valence-corrected chi connectivity index (χ0v) is 21.0. The number of hydrogen-bond donors (Lipinski definition) is 0. The molecule has 0 saturated heterocycles. The lowest BCUT2D eigenvalue weighted by atomic mass is 10.1. The summed E-state index contributed by atoms with van der Waals surface area (Å²) < 4.78 is 0. The van der Waals surface area contributed by atoms with Gasteiger partial charge in [0, 0.05) is 62.8 Å². The molecule has 0 radical (unpaired) electrons. The maximum absolute atomic E-state index is 13.3. The molecular weight excluding hydrogens is 470 g/mol.